The molecule has 2 aromatic carbocycles. The maximum Gasteiger partial charge on any atom is 0.262 e. The molecule has 4 rings (SSSR count). The molecule has 0 aliphatic heterocycles. The third kappa shape index (κ3) is 4.12. The monoisotopic (exact) mass is 407 g/mol. The van der Waals surface area contributed by atoms with E-state index in [0.29, 0.717) is 5.75 Å². The molecule has 0 fully saturated rings. The van der Waals surface area contributed by atoms with Crippen LogP contribution in [0, 0.1) is 27.7 Å². The number of carbonyl (C=O) groups is 1. The molecule has 0 aliphatic rings. The lowest BCUT2D eigenvalue weighted by Gasteiger charge is -2.11. The summed E-state index contributed by atoms with van der Waals surface area (Å²) in [5.74, 6) is 1.25. The first-order valence-corrected chi connectivity index (χ1v) is 10.0. The van der Waals surface area contributed by atoms with Crippen LogP contribution in [0.4, 0.5) is 5.69 Å². The van der Waals surface area contributed by atoms with Crippen molar-refractivity contribution in [3.05, 3.63) is 58.9 Å². The lowest BCUT2D eigenvalue weighted by Crippen LogP contribution is -2.20. The highest BCUT2D eigenvalue weighted by molar-refractivity contribution is 7.19. The number of ether oxygens (including phenoxy) is 1. The average molecular weight is 407 g/mol. The van der Waals surface area contributed by atoms with Crippen LogP contribution in [-0.2, 0) is 4.79 Å². The van der Waals surface area contributed by atoms with E-state index in [-0.39, 0.29) is 12.5 Å². The van der Waals surface area contributed by atoms with E-state index in [1.54, 1.807) is 4.52 Å². The van der Waals surface area contributed by atoms with Crippen LogP contribution in [0.2, 0.25) is 0 Å². The number of nitrogens with one attached hydrogen (secondary N) is 1. The minimum absolute atomic E-state index is 0.0416. The van der Waals surface area contributed by atoms with Crippen molar-refractivity contribution in [3.63, 3.8) is 0 Å². The Kier molecular flexibility index (Phi) is 5.02. The summed E-state index contributed by atoms with van der Waals surface area (Å²) >= 11 is 1.48. The van der Waals surface area contributed by atoms with E-state index in [9.17, 15) is 4.79 Å². The molecule has 2 aromatic heterocycles. The molecule has 1 N–H and O–H groups in total. The quantitative estimate of drug-likeness (QED) is 0.539. The first kappa shape index (κ1) is 19.1. The first-order chi connectivity index (χ1) is 13.9. The van der Waals surface area contributed by atoms with Gasteiger partial charge in [-0.15, -0.1) is 10.2 Å². The zero-order chi connectivity index (χ0) is 20.5. The van der Waals surface area contributed by atoms with E-state index < -0.39 is 0 Å². The van der Waals surface area contributed by atoms with Crippen molar-refractivity contribution < 1.29 is 9.53 Å². The third-order valence-electron chi connectivity index (χ3n) is 4.46. The molecule has 8 heteroatoms. The molecule has 0 bridgehead atoms. The van der Waals surface area contributed by atoms with Gasteiger partial charge >= 0.3 is 0 Å². The number of nitrogens with zero attached hydrogens (tertiary/aromatic N) is 4. The number of anilines is 1. The third-order valence-corrected chi connectivity index (χ3v) is 5.41. The standard InChI is InChI=1S/C21H21N5O2S/c1-12-7-13(2)9-17(8-12)28-11-19(27)22-18-6-5-16(10-14(18)3)20-25-26-15(4)23-24-21(26)29-20/h5-10H,11H2,1-4H3,(H,22,27). The maximum absolute atomic E-state index is 12.3. The summed E-state index contributed by atoms with van der Waals surface area (Å²) in [7, 11) is 0. The zero-order valence-corrected chi connectivity index (χ0v) is 17.5. The van der Waals surface area contributed by atoms with Gasteiger partial charge in [0.15, 0.2) is 12.4 Å². The van der Waals surface area contributed by atoms with Crippen molar-refractivity contribution in [1.29, 1.82) is 0 Å². The van der Waals surface area contributed by atoms with Crippen LogP contribution in [0.5, 0.6) is 5.75 Å². The fraction of sp³-hybridized carbons (Fsp3) is 0.238. The summed E-state index contributed by atoms with van der Waals surface area (Å²) in [6.07, 6.45) is 0. The number of carbonyl (C=O) groups excluding carboxylic acids is 1. The Balaban J connectivity index is 1.44. The van der Waals surface area contributed by atoms with E-state index in [0.717, 1.165) is 43.7 Å². The van der Waals surface area contributed by atoms with Crippen molar-refractivity contribution in [1.82, 2.24) is 19.8 Å². The van der Waals surface area contributed by atoms with Crippen molar-refractivity contribution >= 4 is 27.9 Å². The summed E-state index contributed by atoms with van der Waals surface area (Å²) in [4.78, 5) is 13.1. The Morgan fingerprint density at radius 2 is 1.83 bits per heavy atom. The van der Waals surface area contributed by atoms with E-state index in [2.05, 4.69) is 26.7 Å². The normalized spacial score (nSPS) is 11.0. The number of hydrogen-bond donors (Lipinski definition) is 1. The number of aryl methyl sites for hydroxylation is 4. The minimum atomic E-state index is -0.200. The summed E-state index contributed by atoms with van der Waals surface area (Å²) < 4.78 is 7.37. The molecule has 0 atom stereocenters. The summed E-state index contributed by atoms with van der Waals surface area (Å²) in [5, 5.41) is 16.4. The Morgan fingerprint density at radius 1 is 1.07 bits per heavy atom. The molecule has 0 aliphatic carbocycles. The second-order valence-electron chi connectivity index (χ2n) is 7.04. The Labute approximate surface area is 172 Å². The Hall–Kier alpha value is -3.26. The van der Waals surface area contributed by atoms with Gasteiger partial charge < -0.3 is 10.1 Å². The highest BCUT2D eigenvalue weighted by Gasteiger charge is 2.12. The van der Waals surface area contributed by atoms with Gasteiger partial charge in [-0.3, -0.25) is 4.79 Å². The second-order valence-corrected chi connectivity index (χ2v) is 7.99. The van der Waals surface area contributed by atoms with Gasteiger partial charge in [0.05, 0.1) is 0 Å². The zero-order valence-electron chi connectivity index (χ0n) is 16.7. The molecule has 0 spiro atoms. The van der Waals surface area contributed by atoms with E-state index in [1.165, 1.54) is 11.3 Å². The molecular weight excluding hydrogens is 386 g/mol. The molecule has 0 radical (unpaired) electrons. The van der Waals surface area contributed by atoms with Crippen LogP contribution in [0.15, 0.2) is 36.4 Å². The number of rotatable bonds is 5. The highest BCUT2D eigenvalue weighted by Crippen LogP contribution is 2.28. The number of amides is 1. The summed E-state index contributed by atoms with van der Waals surface area (Å²) in [6.45, 7) is 7.79. The number of benzene rings is 2. The van der Waals surface area contributed by atoms with Crippen LogP contribution in [-0.4, -0.2) is 32.3 Å². The second kappa shape index (κ2) is 7.63. The number of hydrogen-bond acceptors (Lipinski definition) is 6. The van der Waals surface area contributed by atoms with Gasteiger partial charge in [-0.1, -0.05) is 17.4 Å². The minimum Gasteiger partial charge on any atom is -0.484 e. The van der Waals surface area contributed by atoms with Gasteiger partial charge in [0, 0.05) is 11.3 Å². The van der Waals surface area contributed by atoms with E-state index in [1.807, 2.05) is 58.0 Å². The molecule has 148 valence electrons. The largest absolute Gasteiger partial charge is 0.484 e. The number of aromatic nitrogens is 4. The lowest BCUT2D eigenvalue weighted by molar-refractivity contribution is -0.118. The van der Waals surface area contributed by atoms with Gasteiger partial charge in [-0.2, -0.15) is 9.61 Å². The SMILES string of the molecule is Cc1cc(C)cc(OCC(=O)Nc2ccc(-c3nn4c(C)nnc4s3)cc2C)c1. The van der Waals surface area contributed by atoms with E-state index in [4.69, 9.17) is 4.74 Å². The van der Waals surface area contributed by atoms with Crippen molar-refractivity contribution in [2.75, 3.05) is 11.9 Å². The smallest absolute Gasteiger partial charge is 0.262 e. The van der Waals surface area contributed by atoms with Gasteiger partial charge in [0.2, 0.25) is 4.96 Å². The topological polar surface area (TPSA) is 81.4 Å². The Bertz CT molecular complexity index is 1190. The van der Waals surface area contributed by atoms with Gasteiger partial charge in [-0.05, 0) is 74.7 Å². The van der Waals surface area contributed by atoms with Crippen molar-refractivity contribution in [3.8, 4) is 16.3 Å². The molecular formula is C21H21N5O2S. The molecule has 0 saturated carbocycles. The molecule has 0 unspecified atom stereocenters. The Morgan fingerprint density at radius 3 is 2.52 bits per heavy atom. The molecule has 7 nitrogen and oxygen atoms in total. The molecule has 4 aromatic rings. The predicted octanol–water partition coefficient (Wildman–Crippen LogP) is 4.10. The van der Waals surface area contributed by atoms with Crippen molar-refractivity contribution in [2.45, 2.75) is 27.7 Å². The summed E-state index contributed by atoms with van der Waals surface area (Å²) in [6, 6.07) is 11.7. The van der Waals surface area contributed by atoms with Gasteiger partial charge in [0.25, 0.3) is 5.91 Å². The highest BCUT2D eigenvalue weighted by atomic mass is 32.1. The molecule has 0 saturated heterocycles. The molecule has 29 heavy (non-hydrogen) atoms. The van der Waals surface area contributed by atoms with Crippen LogP contribution in [0.3, 0.4) is 0 Å². The summed E-state index contributed by atoms with van der Waals surface area (Å²) in [5.41, 5.74) is 4.88. The fourth-order valence-corrected chi connectivity index (χ4v) is 4.00. The van der Waals surface area contributed by atoms with Crippen molar-refractivity contribution in [2.24, 2.45) is 0 Å². The van der Waals surface area contributed by atoms with Crippen LogP contribution < -0.4 is 10.1 Å². The predicted molar refractivity (Wildman–Crippen MR) is 114 cm³/mol. The first-order valence-electron chi connectivity index (χ1n) is 9.20. The van der Waals surface area contributed by atoms with Crippen LogP contribution in [0.1, 0.15) is 22.5 Å². The number of fused-ring (bicyclic) bond motifs is 1. The van der Waals surface area contributed by atoms with Crippen LogP contribution in [0.25, 0.3) is 15.5 Å². The fourth-order valence-electron chi connectivity index (χ4n) is 3.12. The lowest BCUT2D eigenvalue weighted by atomic mass is 10.1. The molecule has 2 heterocycles. The van der Waals surface area contributed by atoms with E-state index >= 15 is 0 Å². The van der Waals surface area contributed by atoms with Gasteiger partial charge in [-0.25, -0.2) is 0 Å². The van der Waals surface area contributed by atoms with Gasteiger partial charge in [0.1, 0.15) is 10.8 Å². The average Bonchev–Trinajstić information content (AvgIpc) is 3.23. The maximum atomic E-state index is 12.3. The van der Waals surface area contributed by atoms with Crippen LogP contribution >= 0.6 is 11.3 Å². The molecule has 1 amide bonds.